The average molecular weight is 490 g/mol. The fraction of sp³-hybridized carbons (Fsp3) is 0.556. The van der Waals surface area contributed by atoms with Gasteiger partial charge in [-0.25, -0.2) is 4.79 Å². The molecule has 0 saturated carbocycles. The van der Waals surface area contributed by atoms with Gasteiger partial charge >= 0.3 is 5.97 Å². The molecule has 35 heavy (non-hydrogen) atoms. The van der Waals surface area contributed by atoms with Gasteiger partial charge in [-0.2, -0.15) is 0 Å². The van der Waals surface area contributed by atoms with E-state index in [1.54, 1.807) is 25.2 Å². The number of ether oxygens (including phenoxy) is 1. The Morgan fingerprint density at radius 3 is 2.37 bits per heavy atom. The molecule has 0 aromatic rings. The molecule has 1 heterocycles. The number of Topliss-reactive ketones (excluding diaryl/α,β-unsaturated/α-hetero) is 1. The summed E-state index contributed by atoms with van der Waals surface area (Å²) in [5, 5.41) is 21.5. The fourth-order valence-electron chi connectivity index (χ4n) is 4.03. The van der Waals surface area contributed by atoms with Crippen molar-refractivity contribution in [1.29, 1.82) is 0 Å². The Balaban J connectivity index is 2.56. The van der Waals surface area contributed by atoms with E-state index in [9.17, 15) is 24.3 Å². The number of nitrogens with one attached hydrogen (secondary N) is 1. The van der Waals surface area contributed by atoms with Gasteiger partial charge in [-0.3, -0.25) is 19.7 Å². The number of aliphatic carboxylic acids is 1. The number of piperidine rings is 1. The monoisotopic (exact) mass is 489 g/mol. The van der Waals surface area contributed by atoms with E-state index in [1.807, 2.05) is 26.0 Å². The fourth-order valence-corrected chi connectivity index (χ4v) is 4.03. The molecule has 0 aliphatic carbocycles. The van der Waals surface area contributed by atoms with E-state index in [0.717, 1.165) is 11.6 Å². The summed E-state index contributed by atoms with van der Waals surface area (Å²) >= 11 is 0. The average Bonchev–Trinajstić information content (AvgIpc) is 2.77. The molecule has 3 atom stereocenters. The van der Waals surface area contributed by atoms with Crippen molar-refractivity contribution in [1.82, 2.24) is 5.32 Å². The summed E-state index contributed by atoms with van der Waals surface area (Å²) in [6, 6.07) is 0. The van der Waals surface area contributed by atoms with Crippen molar-refractivity contribution in [3.8, 4) is 0 Å². The molecule has 0 radical (unpaired) electrons. The molecule has 0 spiro atoms. The zero-order valence-corrected chi connectivity index (χ0v) is 21.2. The van der Waals surface area contributed by atoms with Crippen molar-refractivity contribution >= 4 is 23.6 Å². The highest BCUT2D eigenvalue weighted by Crippen LogP contribution is 2.21. The molecular formula is C27H39NO7. The minimum Gasteiger partial charge on any atom is -0.478 e. The van der Waals surface area contributed by atoms with E-state index in [0.29, 0.717) is 50.5 Å². The second kappa shape index (κ2) is 15.9. The Morgan fingerprint density at radius 1 is 1.14 bits per heavy atom. The maximum atomic E-state index is 12.5. The number of methoxy groups -OCH3 is 1. The number of imide groups is 1. The van der Waals surface area contributed by atoms with Crippen LogP contribution in [0.25, 0.3) is 0 Å². The van der Waals surface area contributed by atoms with Gasteiger partial charge in [0.1, 0.15) is 6.10 Å². The first kappa shape index (κ1) is 30.2. The number of hydrogen-bond donors (Lipinski definition) is 3. The number of carbonyl (C=O) groups is 4. The Kier molecular flexibility index (Phi) is 13.8. The lowest BCUT2D eigenvalue weighted by atomic mass is 9.90. The highest BCUT2D eigenvalue weighted by molar-refractivity contribution is 5.97. The van der Waals surface area contributed by atoms with Crippen molar-refractivity contribution in [2.45, 2.75) is 77.9 Å². The second-order valence-corrected chi connectivity index (χ2v) is 9.10. The summed E-state index contributed by atoms with van der Waals surface area (Å²) in [5.74, 6) is -1.68. The first-order chi connectivity index (χ1) is 16.5. The first-order valence-electron chi connectivity index (χ1n) is 12.0. The summed E-state index contributed by atoms with van der Waals surface area (Å²) in [7, 11) is 1.52. The van der Waals surface area contributed by atoms with Gasteiger partial charge in [-0.15, -0.1) is 0 Å². The summed E-state index contributed by atoms with van der Waals surface area (Å²) in [4.78, 5) is 45.9. The molecule has 0 aromatic carbocycles. The lowest BCUT2D eigenvalue weighted by Crippen LogP contribution is -2.38. The van der Waals surface area contributed by atoms with Crippen LogP contribution >= 0.6 is 0 Å². The first-order valence-corrected chi connectivity index (χ1v) is 12.0. The molecule has 1 aliphatic heterocycles. The number of aliphatic hydroxyl groups excluding tert-OH is 1. The van der Waals surface area contributed by atoms with E-state index in [4.69, 9.17) is 9.84 Å². The molecule has 0 bridgehead atoms. The van der Waals surface area contributed by atoms with Gasteiger partial charge in [0.05, 0.1) is 6.10 Å². The van der Waals surface area contributed by atoms with Gasteiger partial charge < -0.3 is 14.9 Å². The minimum atomic E-state index is -0.978. The quantitative estimate of drug-likeness (QED) is 0.105. The van der Waals surface area contributed by atoms with Gasteiger partial charge in [0.15, 0.2) is 5.78 Å². The van der Waals surface area contributed by atoms with Crippen LogP contribution in [0.15, 0.2) is 47.6 Å². The molecule has 1 saturated heterocycles. The Labute approximate surface area is 207 Å². The van der Waals surface area contributed by atoms with Gasteiger partial charge in [-0.05, 0) is 51.0 Å². The van der Waals surface area contributed by atoms with Crippen LogP contribution < -0.4 is 5.32 Å². The minimum absolute atomic E-state index is 0.00120. The van der Waals surface area contributed by atoms with Gasteiger partial charge in [0, 0.05) is 38.4 Å². The lowest BCUT2D eigenvalue weighted by Gasteiger charge is -2.23. The number of allylic oxidation sites excluding steroid dienone is 5. The molecule has 8 heteroatoms. The smallest absolute Gasteiger partial charge is 0.327 e. The Morgan fingerprint density at radius 2 is 1.77 bits per heavy atom. The standard InChI is InChI=1S/C27H39NO7/c1-18(14-19(2)22(29)11-9-10-21-16-24(30)28-25(31)17-21)15-20(3)27(34)23(35-4)12-7-5-6-8-13-26(32)33/h7-8,12-15,20-21,23,27,34H,5-6,9-11,16-17H2,1-4H3,(H,32,33)(H,28,30,31)/b12-7+,13-8+,18-15+,19-14+/t20-,23-,27-/m1/s1. The SMILES string of the molecule is CO[C@H](/C=C/CC/C=C/C(=O)O)[C@H](O)[C@H](C)/C=C(C)/C=C(\C)C(=O)CCCC1CC(=O)NC(=O)C1. The van der Waals surface area contributed by atoms with Crippen LogP contribution in [-0.4, -0.2) is 53.1 Å². The molecule has 2 amide bonds. The molecule has 1 aliphatic rings. The maximum absolute atomic E-state index is 12.5. The number of unbranched alkanes of at least 4 members (excludes halogenated alkanes) is 1. The van der Waals surface area contributed by atoms with Gasteiger partial charge in [0.2, 0.25) is 11.8 Å². The number of carboxylic acids is 1. The van der Waals surface area contributed by atoms with Crippen molar-refractivity contribution < 1.29 is 34.1 Å². The highest BCUT2D eigenvalue weighted by atomic mass is 16.5. The van der Waals surface area contributed by atoms with Crippen LogP contribution in [0.3, 0.4) is 0 Å². The highest BCUT2D eigenvalue weighted by Gasteiger charge is 2.24. The Hall–Kier alpha value is -2.84. The molecule has 1 rings (SSSR count). The van der Waals surface area contributed by atoms with Crippen molar-refractivity contribution in [2.24, 2.45) is 11.8 Å². The lowest BCUT2D eigenvalue weighted by molar-refractivity contribution is -0.135. The van der Waals surface area contributed by atoms with Crippen LogP contribution in [0.2, 0.25) is 0 Å². The van der Waals surface area contributed by atoms with Crippen LogP contribution in [0.1, 0.15) is 65.7 Å². The van der Waals surface area contributed by atoms with Crippen LogP contribution in [-0.2, 0) is 23.9 Å². The molecule has 8 nitrogen and oxygen atoms in total. The summed E-state index contributed by atoms with van der Waals surface area (Å²) < 4.78 is 5.39. The number of amides is 2. The maximum Gasteiger partial charge on any atom is 0.327 e. The number of carboxylic acid groups (broad SMARTS) is 1. The molecular weight excluding hydrogens is 450 g/mol. The predicted octanol–water partition coefficient (Wildman–Crippen LogP) is 3.66. The van der Waals surface area contributed by atoms with E-state index < -0.39 is 18.2 Å². The molecule has 1 fully saturated rings. The van der Waals surface area contributed by atoms with E-state index in [-0.39, 0.29) is 29.4 Å². The summed E-state index contributed by atoms with van der Waals surface area (Å²) in [6.45, 7) is 5.51. The zero-order chi connectivity index (χ0) is 26.4. The number of carbonyl (C=O) groups excluding carboxylic acids is 3. The predicted molar refractivity (Wildman–Crippen MR) is 133 cm³/mol. The largest absolute Gasteiger partial charge is 0.478 e. The van der Waals surface area contributed by atoms with E-state index in [1.165, 1.54) is 7.11 Å². The van der Waals surface area contributed by atoms with Crippen molar-refractivity contribution in [2.75, 3.05) is 7.11 Å². The zero-order valence-electron chi connectivity index (χ0n) is 21.2. The van der Waals surface area contributed by atoms with Crippen LogP contribution in [0.5, 0.6) is 0 Å². The molecule has 0 aromatic heterocycles. The Bertz CT molecular complexity index is 853. The van der Waals surface area contributed by atoms with Crippen molar-refractivity contribution in [3.63, 3.8) is 0 Å². The third-order valence-electron chi connectivity index (χ3n) is 5.89. The molecule has 0 unspecified atom stereocenters. The van der Waals surface area contributed by atoms with Gasteiger partial charge in [0.25, 0.3) is 0 Å². The topological polar surface area (TPSA) is 130 Å². The van der Waals surface area contributed by atoms with E-state index in [2.05, 4.69) is 5.32 Å². The third kappa shape index (κ3) is 12.4. The number of rotatable bonds is 15. The second-order valence-electron chi connectivity index (χ2n) is 9.10. The number of ketones is 1. The van der Waals surface area contributed by atoms with Gasteiger partial charge in [-0.1, -0.05) is 42.9 Å². The summed E-state index contributed by atoms with van der Waals surface area (Å²) in [6.07, 6.45) is 12.2. The third-order valence-corrected chi connectivity index (χ3v) is 5.89. The summed E-state index contributed by atoms with van der Waals surface area (Å²) in [5.41, 5.74) is 1.48. The van der Waals surface area contributed by atoms with Crippen LogP contribution in [0.4, 0.5) is 0 Å². The normalized spacial score (nSPS) is 18.7. The van der Waals surface area contributed by atoms with Crippen molar-refractivity contribution in [3.05, 3.63) is 47.6 Å². The number of aliphatic hydroxyl groups is 1. The van der Waals surface area contributed by atoms with E-state index >= 15 is 0 Å². The molecule has 194 valence electrons. The van der Waals surface area contributed by atoms with Crippen LogP contribution in [0, 0.1) is 11.8 Å². The number of hydrogen-bond acceptors (Lipinski definition) is 6. The molecule has 3 N–H and O–H groups in total.